The molecule has 0 bridgehead atoms. The van der Waals surface area contributed by atoms with Crippen molar-refractivity contribution in [2.45, 2.75) is 25.8 Å². The predicted octanol–water partition coefficient (Wildman–Crippen LogP) is 1.74. The molecule has 0 aliphatic rings. The molecule has 0 aliphatic carbocycles. The van der Waals surface area contributed by atoms with Gasteiger partial charge in [-0.2, -0.15) is 0 Å². The Morgan fingerprint density at radius 1 is 1.59 bits per heavy atom. The zero-order valence-electron chi connectivity index (χ0n) is 9.73. The zero-order chi connectivity index (χ0) is 12.8. The maximum Gasteiger partial charge on any atom is 0.305 e. The molecule has 1 amide bonds. The molecule has 1 aromatic rings. The van der Waals surface area contributed by atoms with Gasteiger partial charge in [-0.3, -0.25) is 9.59 Å². The number of carboxylic acids is 1. The van der Waals surface area contributed by atoms with Crippen LogP contribution in [0.15, 0.2) is 11.4 Å². The van der Waals surface area contributed by atoms with Gasteiger partial charge in [0.05, 0.1) is 13.5 Å². The van der Waals surface area contributed by atoms with Gasteiger partial charge in [-0.05, 0) is 17.9 Å². The van der Waals surface area contributed by atoms with Gasteiger partial charge in [-0.1, -0.05) is 6.92 Å². The molecule has 5 nitrogen and oxygen atoms in total. The number of rotatable bonds is 6. The summed E-state index contributed by atoms with van der Waals surface area (Å²) in [4.78, 5) is 22.9. The van der Waals surface area contributed by atoms with Crippen LogP contribution in [0.25, 0.3) is 0 Å². The number of hydrogen-bond acceptors (Lipinski definition) is 4. The second-order valence-electron chi connectivity index (χ2n) is 3.49. The lowest BCUT2D eigenvalue weighted by atomic mass is 10.1. The Hall–Kier alpha value is -1.56. The highest BCUT2D eigenvalue weighted by Gasteiger charge is 2.18. The van der Waals surface area contributed by atoms with Crippen LogP contribution < -0.4 is 10.1 Å². The van der Waals surface area contributed by atoms with E-state index in [1.54, 1.807) is 11.4 Å². The molecule has 0 aliphatic heterocycles. The average molecular weight is 257 g/mol. The molecule has 1 unspecified atom stereocenters. The van der Waals surface area contributed by atoms with Gasteiger partial charge in [0.15, 0.2) is 0 Å². The highest BCUT2D eigenvalue weighted by atomic mass is 32.1. The Morgan fingerprint density at radius 3 is 2.82 bits per heavy atom. The molecule has 0 saturated carbocycles. The van der Waals surface area contributed by atoms with Gasteiger partial charge in [0.2, 0.25) is 0 Å². The van der Waals surface area contributed by atoms with Gasteiger partial charge in [-0.15, -0.1) is 11.3 Å². The lowest BCUT2D eigenvalue weighted by Gasteiger charge is -2.14. The van der Waals surface area contributed by atoms with E-state index in [1.807, 2.05) is 6.92 Å². The summed E-state index contributed by atoms with van der Waals surface area (Å²) in [5.41, 5.74) is 0. The third kappa shape index (κ3) is 3.74. The topological polar surface area (TPSA) is 75.6 Å². The van der Waals surface area contributed by atoms with Gasteiger partial charge in [-0.25, -0.2) is 0 Å². The van der Waals surface area contributed by atoms with Crippen molar-refractivity contribution in [1.82, 2.24) is 5.32 Å². The lowest BCUT2D eigenvalue weighted by molar-refractivity contribution is -0.137. The molecule has 0 fully saturated rings. The van der Waals surface area contributed by atoms with Gasteiger partial charge < -0.3 is 15.2 Å². The number of hydrogen-bond donors (Lipinski definition) is 2. The highest BCUT2D eigenvalue weighted by molar-refractivity contribution is 7.12. The van der Waals surface area contributed by atoms with E-state index in [0.29, 0.717) is 17.0 Å². The van der Waals surface area contributed by atoms with Crippen molar-refractivity contribution >= 4 is 23.2 Å². The molecule has 17 heavy (non-hydrogen) atoms. The van der Waals surface area contributed by atoms with Crippen LogP contribution in [-0.4, -0.2) is 30.1 Å². The minimum absolute atomic E-state index is 0.0735. The molecule has 1 atom stereocenters. The minimum atomic E-state index is -0.921. The number of thiophene rings is 1. The summed E-state index contributed by atoms with van der Waals surface area (Å²) >= 11 is 1.27. The smallest absolute Gasteiger partial charge is 0.305 e. The normalized spacial score (nSPS) is 11.9. The Bertz CT molecular complexity index is 402. The first kappa shape index (κ1) is 13.5. The Kier molecular flexibility index (Phi) is 4.96. The summed E-state index contributed by atoms with van der Waals surface area (Å²) in [7, 11) is 1.49. The van der Waals surface area contributed by atoms with Gasteiger partial charge >= 0.3 is 5.97 Å². The number of carboxylic acid groups (broad SMARTS) is 1. The Morgan fingerprint density at radius 2 is 2.29 bits per heavy atom. The van der Waals surface area contributed by atoms with Crippen molar-refractivity contribution in [2.24, 2.45) is 0 Å². The molecule has 0 aromatic carbocycles. The summed E-state index contributed by atoms with van der Waals surface area (Å²) in [6.45, 7) is 1.83. The summed E-state index contributed by atoms with van der Waals surface area (Å²) in [5, 5.41) is 13.1. The number of carbonyl (C=O) groups is 2. The van der Waals surface area contributed by atoms with Crippen LogP contribution in [0.2, 0.25) is 0 Å². The van der Waals surface area contributed by atoms with Crippen LogP contribution in [0.3, 0.4) is 0 Å². The van der Waals surface area contributed by atoms with Crippen molar-refractivity contribution in [1.29, 1.82) is 0 Å². The first-order chi connectivity index (χ1) is 8.08. The first-order valence-electron chi connectivity index (χ1n) is 5.22. The van der Waals surface area contributed by atoms with Crippen molar-refractivity contribution in [2.75, 3.05) is 7.11 Å². The number of nitrogens with one attached hydrogen (secondary N) is 1. The fourth-order valence-electron chi connectivity index (χ4n) is 1.38. The fraction of sp³-hybridized carbons (Fsp3) is 0.455. The SMILES string of the molecule is CCC(CC(=O)O)NC(=O)c1sccc1OC. The average Bonchev–Trinajstić information content (AvgIpc) is 2.75. The quantitative estimate of drug-likeness (QED) is 0.814. The monoisotopic (exact) mass is 257 g/mol. The Balaban J connectivity index is 2.67. The predicted molar refractivity (Wildman–Crippen MR) is 64.7 cm³/mol. The number of ether oxygens (including phenoxy) is 1. The van der Waals surface area contributed by atoms with E-state index < -0.39 is 5.97 Å². The van der Waals surface area contributed by atoms with E-state index in [0.717, 1.165) is 0 Å². The van der Waals surface area contributed by atoms with Crippen LogP contribution in [0.1, 0.15) is 29.4 Å². The molecule has 1 rings (SSSR count). The zero-order valence-corrected chi connectivity index (χ0v) is 10.5. The number of aliphatic carboxylic acids is 1. The van der Waals surface area contributed by atoms with E-state index in [9.17, 15) is 9.59 Å². The highest BCUT2D eigenvalue weighted by Crippen LogP contribution is 2.24. The van der Waals surface area contributed by atoms with Crippen LogP contribution >= 0.6 is 11.3 Å². The molecular weight excluding hydrogens is 242 g/mol. The van der Waals surface area contributed by atoms with Crippen LogP contribution in [-0.2, 0) is 4.79 Å². The second kappa shape index (κ2) is 6.24. The van der Waals surface area contributed by atoms with Crippen molar-refractivity contribution in [3.63, 3.8) is 0 Å². The van der Waals surface area contributed by atoms with Crippen molar-refractivity contribution < 1.29 is 19.4 Å². The van der Waals surface area contributed by atoms with E-state index in [4.69, 9.17) is 9.84 Å². The number of methoxy groups -OCH3 is 1. The van der Waals surface area contributed by atoms with E-state index in [1.165, 1.54) is 18.4 Å². The third-order valence-corrected chi connectivity index (χ3v) is 3.20. The molecular formula is C11H15NO4S. The minimum Gasteiger partial charge on any atom is -0.495 e. The first-order valence-corrected chi connectivity index (χ1v) is 6.10. The maximum atomic E-state index is 11.9. The summed E-state index contributed by atoms with van der Waals surface area (Å²) in [6.07, 6.45) is 0.502. The largest absolute Gasteiger partial charge is 0.495 e. The van der Waals surface area contributed by atoms with E-state index >= 15 is 0 Å². The standard InChI is InChI=1S/C11H15NO4S/c1-3-7(6-9(13)14)12-11(15)10-8(16-2)4-5-17-10/h4-5,7H,3,6H2,1-2H3,(H,12,15)(H,13,14). The van der Waals surface area contributed by atoms with Crippen LogP contribution in [0.4, 0.5) is 0 Å². The number of carbonyl (C=O) groups excluding carboxylic acids is 1. The van der Waals surface area contributed by atoms with Gasteiger partial charge in [0, 0.05) is 6.04 Å². The molecule has 0 radical (unpaired) electrons. The van der Waals surface area contributed by atoms with Gasteiger partial charge in [0.1, 0.15) is 10.6 Å². The van der Waals surface area contributed by atoms with E-state index in [2.05, 4.69) is 5.32 Å². The lowest BCUT2D eigenvalue weighted by Crippen LogP contribution is -2.35. The maximum absolute atomic E-state index is 11.9. The van der Waals surface area contributed by atoms with Crippen molar-refractivity contribution in [3.8, 4) is 5.75 Å². The summed E-state index contributed by atoms with van der Waals surface area (Å²) < 4.78 is 5.04. The molecule has 94 valence electrons. The van der Waals surface area contributed by atoms with E-state index in [-0.39, 0.29) is 18.4 Å². The van der Waals surface area contributed by atoms with Crippen molar-refractivity contribution in [3.05, 3.63) is 16.3 Å². The molecule has 1 aromatic heterocycles. The Labute approximate surface area is 103 Å². The third-order valence-electron chi connectivity index (χ3n) is 2.30. The fourth-order valence-corrected chi connectivity index (χ4v) is 2.14. The summed E-state index contributed by atoms with van der Waals surface area (Å²) in [6, 6.07) is 1.35. The summed E-state index contributed by atoms with van der Waals surface area (Å²) in [5.74, 6) is -0.696. The molecule has 1 heterocycles. The van der Waals surface area contributed by atoms with Crippen LogP contribution in [0.5, 0.6) is 5.75 Å². The van der Waals surface area contributed by atoms with Crippen LogP contribution in [0, 0.1) is 0 Å². The molecule has 0 spiro atoms. The van der Waals surface area contributed by atoms with Gasteiger partial charge in [0.25, 0.3) is 5.91 Å². The molecule has 6 heteroatoms. The molecule has 2 N–H and O–H groups in total. The second-order valence-corrected chi connectivity index (χ2v) is 4.41. The molecule has 0 saturated heterocycles. The number of amides is 1.